The maximum absolute atomic E-state index is 5.87. The van der Waals surface area contributed by atoms with Gasteiger partial charge in [-0.15, -0.1) is 0 Å². The molecule has 0 aliphatic heterocycles. The molecule has 1 heterocycles. The number of benzene rings is 2. The predicted molar refractivity (Wildman–Crippen MR) is 86.0 cm³/mol. The first-order chi connectivity index (χ1) is 10.8. The Morgan fingerprint density at radius 2 is 1.82 bits per heavy atom. The van der Waals surface area contributed by atoms with Crippen molar-refractivity contribution in [1.29, 1.82) is 0 Å². The minimum atomic E-state index is 0.467. The molecule has 112 valence electrons. The Morgan fingerprint density at radius 3 is 2.55 bits per heavy atom. The summed E-state index contributed by atoms with van der Waals surface area (Å²) < 4.78 is 13.2. The van der Waals surface area contributed by atoms with Gasteiger partial charge in [-0.1, -0.05) is 24.8 Å². The smallest absolute Gasteiger partial charge is 0.294 e. The van der Waals surface area contributed by atoms with Crippen LogP contribution in [0.15, 0.2) is 61.2 Å². The summed E-state index contributed by atoms with van der Waals surface area (Å²) in [5, 5.41) is 0. The second kappa shape index (κ2) is 6.35. The monoisotopic (exact) mass is 295 g/mol. The van der Waals surface area contributed by atoms with Gasteiger partial charge < -0.3 is 9.47 Å². The molecule has 0 amide bonds. The lowest BCUT2D eigenvalue weighted by Gasteiger charge is -2.05. The van der Waals surface area contributed by atoms with E-state index in [4.69, 9.17) is 9.47 Å². The third-order valence-electron chi connectivity index (χ3n) is 3.55. The Hall–Kier alpha value is -2.75. The fraction of sp³-hybridized carbons (Fsp3) is 0.167. The van der Waals surface area contributed by atoms with Crippen LogP contribution in [-0.4, -0.2) is 12.1 Å². The van der Waals surface area contributed by atoms with Crippen molar-refractivity contribution in [1.82, 2.24) is 4.98 Å². The predicted octanol–water partition coefficient (Wildman–Crippen LogP) is 3.23. The summed E-state index contributed by atoms with van der Waals surface area (Å²) in [6.45, 7) is 5.04. The number of rotatable bonds is 6. The molecule has 22 heavy (non-hydrogen) atoms. The number of hydrogen-bond donors (Lipinski definition) is 1. The van der Waals surface area contributed by atoms with Gasteiger partial charge in [0.05, 0.1) is 7.11 Å². The summed E-state index contributed by atoms with van der Waals surface area (Å²) >= 11 is 0. The molecule has 0 atom stereocenters. The van der Waals surface area contributed by atoms with E-state index in [1.807, 2.05) is 42.5 Å². The SMILES string of the molecule is C=CC[n+]1c(COc2ccc(OC)cc2)[nH]c2ccccc21. The molecular formula is C18H19N2O2+. The Morgan fingerprint density at radius 1 is 1.09 bits per heavy atom. The van der Waals surface area contributed by atoms with Crippen molar-refractivity contribution in [2.75, 3.05) is 7.11 Å². The van der Waals surface area contributed by atoms with Crippen LogP contribution in [0.5, 0.6) is 11.5 Å². The average Bonchev–Trinajstić information content (AvgIpc) is 2.92. The minimum Gasteiger partial charge on any atom is -0.497 e. The molecule has 4 nitrogen and oxygen atoms in total. The third-order valence-corrected chi connectivity index (χ3v) is 3.55. The van der Waals surface area contributed by atoms with E-state index in [9.17, 15) is 0 Å². The van der Waals surface area contributed by atoms with Crippen LogP contribution in [0.25, 0.3) is 11.0 Å². The molecular weight excluding hydrogens is 276 g/mol. The highest BCUT2D eigenvalue weighted by Gasteiger charge is 2.17. The maximum Gasteiger partial charge on any atom is 0.294 e. The number of H-pyrrole nitrogens is 1. The molecule has 0 bridgehead atoms. The van der Waals surface area contributed by atoms with Gasteiger partial charge in [-0.25, -0.2) is 9.55 Å². The summed E-state index contributed by atoms with van der Waals surface area (Å²) in [5.41, 5.74) is 2.24. The van der Waals surface area contributed by atoms with Crippen molar-refractivity contribution in [3.8, 4) is 11.5 Å². The van der Waals surface area contributed by atoms with Gasteiger partial charge in [-0.05, 0) is 36.4 Å². The number of aromatic nitrogens is 2. The van der Waals surface area contributed by atoms with E-state index in [0.29, 0.717) is 6.61 Å². The first-order valence-electron chi connectivity index (χ1n) is 7.19. The van der Waals surface area contributed by atoms with Gasteiger partial charge in [0.1, 0.15) is 18.0 Å². The average molecular weight is 295 g/mol. The van der Waals surface area contributed by atoms with E-state index in [2.05, 4.69) is 28.3 Å². The minimum absolute atomic E-state index is 0.467. The molecule has 2 aromatic carbocycles. The van der Waals surface area contributed by atoms with Gasteiger partial charge in [-0.3, -0.25) is 0 Å². The molecule has 4 heteroatoms. The molecule has 0 aliphatic carbocycles. The van der Waals surface area contributed by atoms with Gasteiger partial charge in [0.2, 0.25) is 0 Å². The largest absolute Gasteiger partial charge is 0.497 e. The number of fused-ring (bicyclic) bond motifs is 1. The van der Waals surface area contributed by atoms with Gasteiger partial charge in [0, 0.05) is 0 Å². The molecule has 1 N–H and O–H groups in total. The van der Waals surface area contributed by atoms with E-state index in [1.165, 1.54) is 0 Å². The van der Waals surface area contributed by atoms with Gasteiger partial charge in [0.25, 0.3) is 5.82 Å². The first kappa shape index (κ1) is 14.2. The molecule has 0 fully saturated rings. The molecule has 3 rings (SSSR count). The lowest BCUT2D eigenvalue weighted by molar-refractivity contribution is -0.670. The van der Waals surface area contributed by atoms with Gasteiger partial charge in [0.15, 0.2) is 17.6 Å². The number of para-hydroxylation sites is 2. The molecule has 0 spiro atoms. The third kappa shape index (κ3) is 2.81. The van der Waals surface area contributed by atoms with Crippen LogP contribution in [0.2, 0.25) is 0 Å². The lowest BCUT2D eigenvalue weighted by atomic mass is 10.3. The first-order valence-corrected chi connectivity index (χ1v) is 7.19. The van der Waals surface area contributed by atoms with Crippen molar-refractivity contribution in [3.63, 3.8) is 0 Å². The van der Waals surface area contributed by atoms with E-state index in [0.717, 1.165) is 34.9 Å². The van der Waals surface area contributed by atoms with Crippen LogP contribution in [0, 0.1) is 0 Å². The summed E-state index contributed by atoms with van der Waals surface area (Å²) in [4.78, 5) is 3.41. The molecule has 3 aromatic rings. The molecule has 1 aromatic heterocycles. The Bertz CT molecular complexity index is 775. The Balaban J connectivity index is 1.83. The normalized spacial score (nSPS) is 10.6. The van der Waals surface area contributed by atoms with Gasteiger partial charge in [-0.2, -0.15) is 0 Å². The fourth-order valence-corrected chi connectivity index (χ4v) is 2.46. The zero-order chi connectivity index (χ0) is 15.4. The fourth-order valence-electron chi connectivity index (χ4n) is 2.46. The topological polar surface area (TPSA) is 38.1 Å². The van der Waals surface area contributed by atoms with Crippen LogP contribution < -0.4 is 14.0 Å². The maximum atomic E-state index is 5.87. The van der Waals surface area contributed by atoms with Crippen LogP contribution in [-0.2, 0) is 13.2 Å². The second-order valence-corrected chi connectivity index (χ2v) is 4.95. The van der Waals surface area contributed by atoms with E-state index >= 15 is 0 Å². The number of aromatic amines is 1. The second-order valence-electron chi connectivity index (χ2n) is 4.95. The standard InChI is InChI=1S/C18H18N2O2/c1-3-12-20-17-7-5-4-6-16(17)19-18(20)13-22-15-10-8-14(21-2)9-11-15/h3-11H,1,12-13H2,2H3/p+1. The number of allylic oxidation sites excluding steroid dienone is 1. The highest BCUT2D eigenvalue weighted by Crippen LogP contribution is 2.18. The van der Waals surface area contributed by atoms with E-state index < -0.39 is 0 Å². The van der Waals surface area contributed by atoms with Crippen LogP contribution >= 0.6 is 0 Å². The Kier molecular flexibility index (Phi) is 4.10. The van der Waals surface area contributed by atoms with Crippen molar-refractivity contribution in [2.45, 2.75) is 13.2 Å². The molecule has 0 unspecified atom stereocenters. The number of imidazole rings is 1. The molecule has 0 saturated carbocycles. The van der Waals surface area contributed by atoms with E-state index in [-0.39, 0.29) is 0 Å². The quantitative estimate of drug-likeness (QED) is 0.560. The van der Waals surface area contributed by atoms with Crippen molar-refractivity contribution < 1.29 is 14.0 Å². The van der Waals surface area contributed by atoms with Crippen LogP contribution in [0.1, 0.15) is 5.82 Å². The summed E-state index contributed by atoms with van der Waals surface area (Å²) in [5.74, 6) is 2.64. The zero-order valence-electron chi connectivity index (χ0n) is 12.6. The number of methoxy groups -OCH3 is 1. The molecule has 0 aliphatic rings. The number of hydrogen-bond acceptors (Lipinski definition) is 2. The van der Waals surface area contributed by atoms with Crippen LogP contribution in [0.3, 0.4) is 0 Å². The molecule has 0 saturated heterocycles. The summed E-state index contributed by atoms with van der Waals surface area (Å²) in [6.07, 6.45) is 1.89. The Labute approximate surface area is 129 Å². The van der Waals surface area contributed by atoms with E-state index in [1.54, 1.807) is 7.11 Å². The zero-order valence-corrected chi connectivity index (χ0v) is 12.6. The summed E-state index contributed by atoms with van der Waals surface area (Å²) in [7, 11) is 1.65. The van der Waals surface area contributed by atoms with Gasteiger partial charge >= 0.3 is 0 Å². The number of nitrogens with one attached hydrogen (secondary N) is 1. The molecule has 0 radical (unpaired) electrons. The lowest BCUT2D eigenvalue weighted by Crippen LogP contribution is -2.36. The van der Waals surface area contributed by atoms with Crippen LogP contribution in [0.4, 0.5) is 0 Å². The number of ether oxygens (including phenoxy) is 2. The number of nitrogens with zero attached hydrogens (tertiary/aromatic N) is 1. The van der Waals surface area contributed by atoms with Crippen molar-refractivity contribution in [2.24, 2.45) is 0 Å². The van der Waals surface area contributed by atoms with Crippen molar-refractivity contribution >= 4 is 11.0 Å². The highest BCUT2D eigenvalue weighted by atomic mass is 16.5. The highest BCUT2D eigenvalue weighted by molar-refractivity contribution is 5.71. The van der Waals surface area contributed by atoms with Crippen molar-refractivity contribution in [3.05, 3.63) is 67.0 Å². The summed E-state index contributed by atoms with van der Waals surface area (Å²) in [6, 6.07) is 15.8.